The summed E-state index contributed by atoms with van der Waals surface area (Å²) in [5, 5.41) is 20.9. The monoisotopic (exact) mass is 276 g/mol. The zero-order chi connectivity index (χ0) is 15.1. The van der Waals surface area contributed by atoms with Gasteiger partial charge in [-0.3, -0.25) is 0 Å². The van der Waals surface area contributed by atoms with E-state index in [1.807, 2.05) is 6.92 Å². The smallest absolute Gasteiger partial charge is 0.339 e. The van der Waals surface area contributed by atoms with E-state index in [0.717, 1.165) is 6.42 Å². The van der Waals surface area contributed by atoms with Gasteiger partial charge in [0.05, 0.1) is 6.54 Å². The Morgan fingerprint density at radius 1 is 1.45 bits per heavy atom. The number of rotatable bonds is 5. The Labute approximate surface area is 117 Å². The highest BCUT2D eigenvalue weighted by Crippen LogP contribution is 2.22. The summed E-state index contributed by atoms with van der Waals surface area (Å²) in [7, 11) is 0. The summed E-state index contributed by atoms with van der Waals surface area (Å²) in [6, 6.07) is 3.41. The second-order valence-electron chi connectivity index (χ2n) is 4.09. The second kappa shape index (κ2) is 7.04. The summed E-state index contributed by atoms with van der Waals surface area (Å²) >= 11 is 0. The molecule has 6 nitrogen and oxygen atoms in total. The van der Waals surface area contributed by atoms with E-state index in [1.165, 1.54) is 23.1 Å². The summed E-state index contributed by atoms with van der Waals surface area (Å²) in [4.78, 5) is 24.1. The van der Waals surface area contributed by atoms with Gasteiger partial charge in [0, 0.05) is 18.3 Å². The number of urea groups is 1. The zero-order valence-corrected chi connectivity index (χ0v) is 11.1. The summed E-state index contributed by atoms with van der Waals surface area (Å²) in [5.74, 6) is 0.749. The van der Waals surface area contributed by atoms with E-state index in [2.05, 4.69) is 11.2 Å². The van der Waals surface area contributed by atoms with E-state index in [4.69, 9.17) is 11.5 Å². The van der Waals surface area contributed by atoms with Gasteiger partial charge in [-0.15, -0.1) is 6.42 Å². The molecule has 20 heavy (non-hydrogen) atoms. The Morgan fingerprint density at radius 3 is 2.65 bits per heavy atom. The van der Waals surface area contributed by atoms with Crippen molar-refractivity contribution in [2.75, 3.05) is 18.4 Å². The summed E-state index contributed by atoms with van der Waals surface area (Å²) in [6.07, 6.45) is 5.95. The van der Waals surface area contributed by atoms with Crippen molar-refractivity contribution in [3.05, 3.63) is 23.8 Å². The zero-order valence-electron chi connectivity index (χ0n) is 11.1. The third-order valence-corrected chi connectivity index (χ3v) is 2.54. The number of nitrogens with one attached hydrogen (secondary N) is 1. The highest BCUT2D eigenvalue weighted by atomic mass is 16.4. The van der Waals surface area contributed by atoms with Crippen LogP contribution in [0.15, 0.2) is 18.2 Å². The number of carboxylic acid groups (broad SMARTS) is 1. The topological polar surface area (TPSA) is 89.9 Å². The van der Waals surface area contributed by atoms with Crippen LogP contribution in [0.3, 0.4) is 0 Å². The number of amides is 2. The van der Waals surface area contributed by atoms with Gasteiger partial charge < -0.3 is 20.4 Å². The Kier molecular flexibility index (Phi) is 5.42. The van der Waals surface area contributed by atoms with E-state index in [9.17, 15) is 14.7 Å². The SMILES string of the molecule is C#CCN(CCC)C(=O)Nc1ccc(C(=O)O)c(O)c1. The fourth-order valence-electron chi connectivity index (χ4n) is 1.63. The lowest BCUT2D eigenvalue weighted by Gasteiger charge is -2.20. The minimum absolute atomic E-state index is 0.179. The van der Waals surface area contributed by atoms with Crippen LogP contribution in [0, 0.1) is 12.3 Å². The van der Waals surface area contributed by atoms with Crippen LogP contribution in [0.25, 0.3) is 0 Å². The van der Waals surface area contributed by atoms with Crippen LogP contribution in [-0.4, -0.2) is 40.2 Å². The molecular weight excluding hydrogens is 260 g/mol. The lowest BCUT2D eigenvalue weighted by Crippen LogP contribution is -2.35. The second-order valence-corrected chi connectivity index (χ2v) is 4.09. The van der Waals surface area contributed by atoms with Crippen molar-refractivity contribution in [1.82, 2.24) is 4.90 Å². The number of carboxylic acids is 1. The number of carbonyl (C=O) groups excluding carboxylic acids is 1. The molecule has 0 spiro atoms. The number of carbonyl (C=O) groups is 2. The molecule has 0 radical (unpaired) electrons. The molecule has 106 valence electrons. The molecule has 0 bridgehead atoms. The van der Waals surface area contributed by atoms with Crippen molar-refractivity contribution >= 4 is 17.7 Å². The fraction of sp³-hybridized carbons (Fsp3) is 0.286. The van der Waals surface area contributed by atoms with Gasteiger partial charge >= 0.3 is 12.0 Å². The Hall–Kier alpha value is -2.68. The van der Waals surface area contributed by atoms with Gasteiger partial charge in [-0.2, -0.15) is 0 Å². The molecule has 1 aromatic rings. The fourth-order valence-corrected chi connectivity index (χ4v) is 1.63. The Morgan fingerprint density at radius 2 is 2.15 bits per heavy atom. The van der Waals surface area contributed by atoms with E-state index < -0.39 is 17.7 Å². The largest absolute Gasteiger partial charge is 0.507 e. The lowest BCUT2D eigenvalue weighted by atomic mass is 10.2. The van der Waals surface area contributed by atoms with Crippen molar-refractivity contribution < 1.29 is 19.8 Å². The van der Waals surface area contributed by atoms with Crippen LogP contribution in [0.4, 0.5) is 10.5 Å². The first-order chi connectivity index (χ1) is 9.49. The Balaban J connectivity index is 2.82. The molecule has 3 N–H and O–H groups in total. The average molecular weight is 276 g/mol. The summed E-state index contributed by atoms with van der Waals surface area (Å²) in [6.45, 7) is 2.61. The van der Waals surface area contributed by atoms with Crippen LogP contribution < -0.4 is 5.32 Å². The molecule has 0 saturated carbocycles. The third kappa shape index (κ3) is 3.92. The first-order valence-corrected chi connectivity index (χ1v) is 6.05. The molecule has 0 atom stereocenters. The maximum absolute atomic E-state index is 11.9. The van der Waals surface area contributed by atoms with E-state index in [0.29, 0.717) is 12.2 Å². The van der Waals surface area contributed by atoms with Gasteiger partial charge in [0.15, 0.2) is 0 Å². The molecule has 1 aromatic carbocycles. The summed E-state index contributed by atoms with van der Waals surface area (Å²) in [5.41, 5.74) is 0.0765. The molecular formula is C14H16N2O4. The molecule has 2 amide bonds. The molecule has 0 aliphatic heterocycles. The molecule has 0 aromatic heterocycles. The number of hydrogen-bond acceptors (Lipinski definition) is 3. The Bertz CT molecular complexity index is 549. The van der Waals surface area contributed by atoms with Crippen molar-refractivity contribution in [2.45, 2.75) is 13.3 Å². The number of anilines is 1. The molecule has 6 heteroatoms. The van der Waals surface area contributed by atoms with Crippen molar-refractivity contribution in [1.29, 1.82) is 0 Å². The minimum atomic E-state index is -1.24. The van der Waals surface area contributed by atoms with Gasteiger partial charge in [0.25, 0.3) is 0 Å². The summed E-state index contributed by atoms with van der Waals surface area (Å²) < 4.78 is 0. The number of phenols is 1. The minimum Gasteiger partial charge on any atom is -0.507 e. The molecule has 0 heterocycles. The van der Waals surface area contributed by atoms with E-state index in [1.54, 1.807) is 0 Å². The number of hydrogen-bond donors (Lipinski definition) is 3. The third-order valence-electron chi connectivity index (χ3n) is 2.54. The molecule has 0 aliphatic rings. The predicted molar refractivity (Wildman–Crippen MR) is 74.8 cm³/mol. The molecule has 0 unspecified atom stereocenters. The van der Waals surface area contributed by atoms with Crippen LogP contribution in [0.5, 0.6) is 5.75 Å². The maximum atomic E-state index is 11.9. The van der Waals surface area contributed by atoms with Gasteiger partial charge in [0.1, 0.15) is 11.3 Å². The average Bonchev–Trinajstić information content (AvgIpc) is 2.38. The predicted octanol–water partition coefficient (Wildman–Crippen LogP) is 1.97. The van der Waals surface area contributed by atoms with Crippen molar-refractivity contribution in [3.8, 4) is 18.1 Å². The van der Waals surface area contributed by atoms with Crippen LogP contribution >= 0.6 is 0 Å². The normalized spacial score (nSPS) is 9.60. The maximum Gasteiger partial charge on any atom is 0.339 e. The first-order valence-electron chi connectivity index (χ1n) is 6.05. The van der Waals surface area contributed by atoms with Gasteiger partial charge in [-0.05, 0) is 18.6 Å². The number of aromatic hydroxyl groups is 1. The van der Waals surface area contributed by atoms with Crippen molar-refractivity contribution in [3.63, 3.8) is 0 Å². The van der Waals surface area contributed by atoms with Crippen LogP contribution in [0.2, 0.25) is 0 Å². The van der Waals surface area contributed by atoms with Gasteiger partial charge in [0.2, 0.25) is 0 Å². The number of terminal acetylenes is 1. The number of benzene rings is 1. The van der Waals surface area contributed by atoms with Crippen LogP contribution in [0.1, 0.15) is 23.7 Å². The van der Waals surface area contributed by atoms with Crippen LogP contribution in [-0.2, 0) is 0 Å². The van der Waals surface area contributed by atoms with E-state index in [-0.39, 0.29) is 12.1 Å². The molecule has 0 fully saturated rings. The standard InChI is InChI=1S/C14H16N2O4/c1-3-7-16(8-4-2)14(20)15-10-5-6-11(13(18)19)12(17)9-10/h1,5-6,9,17H,4,7-8H2,2H3,(H,15,20)(H,18,19). The first kappa shape index (κ1) is 15.4. The lowest BCUT2D eigenvalue weighted by molar-refractivity contribution is 0.0694. The molecule has 1 rings (SSSR count). The quantitative estimate of drug-likeness (QED) is 0.717. The van der Waals surface area contributed by atoms with E-state index >= 15 is 0 Å². The molecule has 0 aliphatic carbocycles. The number of aromatic carboxylic acids is 1. The highest BCUT2D eigenvalue weighted by molar-refractivity contribution is 5.94. The van der Waals surface area contributed by atoms with Crippen molar-refractivity contribution in [2.24, 2.45) is 0 Å². The number of nitrogens with zero attached hydrogens (tertiary/aromatic N) is 1. The van der Waals surface area contributed by atoms with Gasteiger partial charge in [-0.25, -0.2) is 9.59 Å². The molecule has 0 saturated heterocycles. The van der Waals surface area contributed by atoms with Gasteiger partial charge in [-0.1, -0.05) is 12.8 Å². The highest BCUT2D eigenvalue weighted by Gasteiger charge is 2.14.